The molecule has 0 aliphatic carbocycles. The van der Waals surface area contributed by atoms with Crippen molar-refractivity contribution < 1.29 is 9.90 Å². The predicted molar refractivity (Wildman–Crippen MR) is 59.3 cm³/mol. The van der Waals surface area contributed by atoms with Crippen LogP contribution in [0.1, 0.15) is 21.9 Å². The molecular formula is C10H13N5O2. The minimum absolute atomic E-state index is 0.135. The minimum atomic E-state index is -0.996. The van der Waals surface area contributed by atoms with Gasteiger partial charge < -0.3 is 10.1 Å². The molecule has 3 N–H and O–H groups in total. The summed E-state index contributed by atoms with van der Waals surface area (Å²) in [5.74, 6) is -0.156. The molecule has 90 valence electrons. The van der Waals surface area contributed by atoms with E-state index < -0.39 is 5.97 Å². The lowest BCUT2D eigenvalue weighted by molar-refractivity contribution is 0.0688. The molecule has 0 amide bonds. The Kier molecular flexibility index (Phi) is 3.20. The van der Waals surface area contributed by atoms with Gasteiger partial charge in [0.25, 0.3) is 0 Å². The third-order valence-corrected chi connectivity index (χ3v) is 2.35. The summed E-state index contributed by atoms with van der Waals surface area (Å²) < 4.78 is 0. The van der Waals surface area contributed by atoms with Crippen LogP contribution in [0.25, 0.3) is 0 Å². The summed E-state index contributed by atoms with van der Waals surface area (Å²) in [4.78, 5) is 19.9. The second-order valence-electron chi connectivity index (χ2n) is 3.78. The highest BCUT2D eigenvalue weighted by Crippen LogP contribution is 2.08. The molecule has 7 nitrogen and oxygen atoms in total. The van der Waals surface area contributed by atoms with E-state index in [4.69, 9.17) is 5.11 Å². The van der Waals surface area contributed by atoms with Crippen LogP contribution in [0.2, 0.25) is 0 Å². The lowest BCUT2D eigenvalue weighted by Crippen LogP contribution is -2.19. The van der Waals surface area contributed by atoms with Crippen molar-refractivity contribution >= 4 is 5.97 Å². The van der Waals surface area contributed by atoms with Crippen molar-refractivity contribution in [2.75, 3.05) is 7.05 Å². The molecule has 7 heteroatoms. The van der Waals surface area contributed by atoms with Crippen LogP contribution in [0.4, 0.5) is 0 Å². The molecule has 0 radical (unpaired) electrons. The van der Waals surface area contributed by atoms with Gasteiger partial charge in [-0.1, -0.05) is 0 Å². The first kappa shape index (κ1) is 11.3. The van der Waals surface area contributed by atoms with Crippen molar-refractivity contribution in [3.8, 4) is 0 Å². The first-order valence-corrected chi connectivity index (χ1v) is 5.09. The second-order valence-corrected chi connectivity index (χ2v) is 3.78. The SMILES string of the molecule is CN(Cc1ncc[nH]1)Cc1cn[nH]c1C(=O)O. The standard InChI is InChI=1S/C10H13N5O2/c1-15(6-8-11-2-3-12-8)5-7-4-13-14-9(7)10(16)17/h2-4H,5-6H2,1H3,(H,11,12)(H,13,14)(H,16,17). The van der Waals surface area contributed by atoms with E-state index in [1.807, 2.05) is 11.9 Å². The summed E-state index contributed by atoms with van der Waals surface area (Å²) in [6, 6.07) is 0. The highest BCUT2D eigenvalue weighted by molar-refractivity contribution is 5.86. The Labute approximate surface area is 97.5 Å². The van der Waals surface area contributed by atoms with Crippen LogP contribution in [0.3, 0.4) is 0 Å². The van der Waals surface area contributed by atoms with Crippen molar-refractivity contribution in [2.45, 2.75) is 13.1 Å². The number of carboxylic acids is 1. The maximum Gasteiger partial charge on any atom is 0.354 e. The van der Waals surface area contributed by atoms with Crippen molar-refractivity contribution in [2.24, 2.45) is 0 Å². The van der Waals surface area contributed by atoms with Gasteiger partial charge in [0.2, 0.25) is 0 Å². The number of rotatable bonds is 5. The zero-order chi connectivity index (χ0) is 12.3. The molecule has 0 spiro atoms. The van der Waals surface area contributed by atoms with Gasteiger partial charge in [0.1, 0.15) is 11.5 Å². The minimum Gasteiger partial charge on any atom is -0.477 e. The van der Waals surface area contributed by atoms with Crippen LogP contribution < -0.4 is 0 Å². The molecule has 0 saturated carbocycles. The van der Waals surface area contributed by atoms with Crippen LogP contribution in [0.15, 0.2) is 18.6 Å². The Bertz CT molecular complexity index is 491. The smallest absolute Gasteiger partial charge is 0.354 e. The van der Waals surface area contributed by atoms with Gasteiger partial charge >= 0.3 is 5.97 Å². The first-order chi connectivity index (χ1) is 8.16. The lowest BCUT2D eigenvalue weighted by atomic mass is 10.2. The number of nitrogens with zero attached hydrogens (tertiary/aromatic N) is 3. The van der Waals surface area contributed by atoms with Crippen LogP contribution in [0.5, 0.6) is 0 Å². The van der Waals surface area contributed by atoms with Gasteiger partial charge in [-0.3, -0.25) is 10.00 Å². The van der Waals surface area contributed by atoms with Crippen molar-refractivity contribution in [1.29, 1.82) is 0 Å². The Morgan fingerprint density at radius 2 is 2.35 bits per heavy atom. The van der Waals surface area contributed by atoms with Crippen LogP contribution >= 0.6 is 0 Å². The number of carboxylic acid groups (broad SMARTS) is 1. The molecule has 2 aromatic heterocycles. The third-order valence-electron chi connectivity index (χ3n) is 2.35. The van der Waals surface area contributed by atoms with Gasteiger partial charge in [0.05, 0.1) is 12.7 Å². The molecule has 0 aliphatic rings. The quantitative estimate of drug-likeness (QED) is 0.699. The van der Waals surface area contributed by atoms with E-state index in [2.05, 4.69) is 20.2 Å². The monoisotopic (exact) mass is 235 g/mol. The van der Waals surface area contributed by atoms with Crippen LogP contribution in [-0.2, 0) is 13.1 Å². The molecule has 0 aliphatic heterocycles. The summed E-state index contributed by atoms with van der Waals surface area (Å²) in [7, 11) is 1.89. The third kappa shape index (κ3) is 2.70. The van der Waals surface area contributed by atoms with E-state index in [0.717, 1.165) is 5.82 Å². The zero-order valence-electron chi connectivity index (χ0n) is 9.34. The van der Waals surface area contributed by atoms with Crippen molar-refractivity contribution in [1.82, 2.24) is 25.1 Å². The molecular weight excluding hydrogens is 222 g/mol. The van der Waals surface area contributed by atoms with E-state index in [-0.39, 0.29) is 5.69 Å². The number of hydrogen-bond acceptors (Lipinski definition) is 4. The van der Waals surface area contributed by atoms with Crippen LogP contribution in [0, 0.1) is 0 Å². The van der Waals surface area contributed by atoms with Gasteiger partial charge in [-0.2, -0.15) is 5.10 Å². The van der Waals surface area contributed by atoms with E-state index >= 15 is 0 Å². The Balaban J connectivity index is 2.00. The molecule has 0 atom stereocenters. The fraction of sp³-hybridized carbons (Fsp3) is 0.300. The summed E-state index contributed by atoms with van der Waals surface area (Å²) in [5, 5.41) is 15.1. The van der Waals surface area contributed by atoms with Gasteiger partial charge in [-0.15, -0.1) is 0 Å². The highest BCUT2D eigenvalue weighted by atomic mass is 16.4. The zero-order valence-corrected chi connectivity index (χ0v) is 9.34. The largest absolute Gasteiger partial charge is 0.477 e. The molecule has 2 heterocycles. The number of hydrogen-bond donors (Lipinski definition) is 3. The van der Waals surface area contributed by atoms with Crippen molar-refractivity contribution in [3.05, 3.63) is 35.7 Å². The number of imidazole rings is 1. The number of aromatic amines is 2. The van der Waals surface area contributed by atoms with E-state index in [9.17, 15) is 4.79 Å². The average molecular weight is 235 g/mol. The van der Waals surface area contributed by atoms with E-state index in [1.54, 1.807) is 12.4 Å². The Hall–Kier alpha value is -2.15. The number of H-pyrrole nitrogens is 2. The topological polar surface area (TPSA) is 97.9 Å². The number of aromatic nitrogens is 4. The number of aromatic carboxylic acids is 1. The molecule has 2 rings (SSSR count). The number of nitrogens with one attached hydrogen (secondary N) is 2. The van der Waals surface area contributed by atoms with E-state index in [0.29, 0.717) is 18.7 Å². The number of carbonyl (C=O) groups is 1. The summed E-state index contributed by atoms with van der Waals surface area (Å²) in [6.45, 7) is 1.12. The Morgan fingerprint density at radius 1 is 1.53 bits per heavy atom. The fourth-order valence-electron chi connectivity index (χ4n) is 1.60. The molecule has 0 unspecified atom stereocenters. The fourth-order valence-corrected chi connectivity index (χ4v) is 1.60. The summed E-state index contributed by atoms with van der Waals surface area (Å²) in [5.41, 5.74) is 0.794. The normalized spacial score (nSPS) is 10.9. The summed E-state index contributed by atoms with van der Waals surface area (Å²) >= 11 is 0. The van der Waals surface area contributed by atoms with Gasteiger partial charge in [0.15, 0.2) is 0 Å². The maximum absolute atomic E-state index is 10.9. The highest BCUT2D eigenvalue weighted by Gasteiger charge is 2.14. The molecule has 0 bridgehead atoms. The van der Waals surface area contributed by atoms with Gasteiger partial charge in [-0.05, 0) is 7.05 Å². The van der Waals surface area contributed by atoms with Crippen molar-refractivity contribution in [3.63, 3.8) is 0 Å². The summed E-state index contributed by atoms with van der Waals surface area (Å²) in [6.07, 6.45) is 4.97. The van der Waals surface area contributed by atoms with Crippen LogP contribution in [-0.4, -0.2) is 43.2 Å². The molecule has 0 aromatic carbocycles. The first-order valence-electron chi connectivity index (χ1n) is 5.09. The average Bonchev–Trinajstić information content (AvgIpc) is 2.88. The predicted octanol–water partition coefficient (Wildman–Crippen LogP) is 0.463. The van der Waals surface area contributed by atoms with Gasteiger partial charge in [-0.25, -0.2) is 9.78 Å². The molecule has 0 saturated heterocycles. The Morgan fingerprint density at radius 3 is 3.00 bits per heavy atom. The maximum atomic E-state index is 10.9. The van der Waals surface area contributed by atoms with Gasteiger partial charge in [0, 0.05) is 24.5 Å². The molecule has 0 fully saturated rings. The van der Waals surface area contributed by atoms with E-state index in [1.165, 1.54) is 6.20 Å². The second kappa shape index (κ2) is 4.79. The molecule has 17 heavy (non-hydrogen) atoms. The lowest BCUT2D eigenvalue weighted by Gasteiger charge is -2.14. The molecule has 2 aromatic rings.